The number of likely N-dealkylation sites (N-methyl/N-ethyl adjacent to an activating group) is 2. The van der Waals surface area contributed by atoms with E-state index in [0.29, 0.717) is 43.7 Å². The third-order valence-corrected chi connectivity index (χ3v) is 16.3. The predicted molar refractivity (Wildman–Crippen MR) is 268 cm³/mol. The van der Waals surface area contributed by atoms with Crippen LogP contribution in [0.25, 0.3) is 0 Å². The molecule has 6 rings (SSSR count). The molecular formula is C52H87FN6O14. The number of aliphatic hydroxyl groups is 5. The van der Waals surface area contributed by atoms with E-state index < -0.39 is 120 Å². The summed E-state index contributed by atoms with van der Waals surface area (Å²) < 4.78 is 58.2. The number of cyclic esters (lactones) is 2. The van der Waals surface area contributed by atoms with E-state index >= 15 is 0 Å². The molecule has 0 radical (unpaired) electrons. The lowest BCUT2D eigenvalue weighted by atomic mass is 9.77. The highest BCUT2D eigenvalue weighted by molar-refractivity contribution is 5.89. The monoisotopic (exact) mass is 1040 g/mol. The Morgan fingerprint density at radius 1 is 0.959 bits per heavy atom. The molecule has 0 spiro atoms. The Balaban J connectivity index is 1.22. The maximum atomic E-state index is 14.5. The van der Waals surface area contributed by atoms with Gasteiger partial charge in [0.15, 0.2) is 12.6 Å². The molecule has 0 aromatic heterocycles. The van der Waals surface area contributed by atoms with Crippen LogP contribution in [0.15, 0.2) is 30.1 Å². The van der Waals surface area contributed by atoms with Crippen molar-refractivity contribution in [3.05, 3.63) is 41.5 Å². The van der Waals surface area contributed by atoms with Gasteiger partial charge in [0.1, 0.15) is 41.9 Å². The molecule has 1 aromatic rings. The first kappa shape index (κ1) is 59.0. The molecule has 4 saturated heterocycles. The number of carbonyl (C=O) groups is 2. The number of methoxy groups -OCH3 is 1. The molecule has 73 heavy (non-hydrogen) atoms. The SMILES string of the molecule is CC[C@H]1OC(=O)[C@H](C)[C@@H](O[C@H]2C[C@@](C)(OC)[C@@H](O)[C@H](C)O2)[C@H](C)[C@@H](O[C@@H]2O[C@H](C)C[C@H](N(C)CCC3=CN(C[C@H]4CN(c5ccc(C)c(F)c5)C(=O)O4)NN3)[C@H]2O)[C@](C)(O)C[C@@H](C)CN(C)[C@H](C)[C@@H](O)[C@]1(C)O. The summed E-state index contributed by atoms with van der Waals surface area (Å²) in [5, 5.41) is 61.5. The number of esters is 1. The molecule has 1 amide bonds. The van der Waals surface area contributed by atoms with Crippen molar-refractivity contribution in [2.75, 3.05) is 52.3 Å². The maximum absolute atomic E-state index is 14.5. The number of anilines is 1. The van der Waals surface area contributed by atoms with Gasteiger partial charge in [-0.1, -0.05) is 26.8 Å². The van der Waals surface area contributed by atoms with Crippen LogP contribution in [0.2, 0.25) is 0 Å². The van der Waals surface area contributed by atoms with E-state index in [0.717, 1.165) is 5.70 Å². The van der Waals surface area contributed by atoms with Crippen molar-refractivity contribution < 1.29 is 72.7 Å². The molecule has 416 valence electrons. The topological polar surface area (TPSA) is 237 Å². The number of aliphatic hydroxyl groups excluding tert-OH is 3. The van der Waals surface area contributed by atoms with Crippen molar-refractivity contribution in [3.63, 3.8) is 0 Å². The largest absolute Gasteiger partial charge is 0.459 e. The summed E-state index contributed by atoms with van der Waals surface area (Å²) in [6, 6.07) is 3.61. The highest BCUT2D eigenvalue weighted by Crippen LogP contribution is 2.40. The smallest absolute Gasteiger partial charge is 0.414 e. The van der Waals surface area contributed by atoms with E-state index in [-0.39, 0.29) is 37.8 Å². The molecule has 21 heteroatoms. The van der Waals surface area contributed by atoms with Gasteiger partial charge < -0.3 is 73.9 Å². The van der Waals surface area contributed by atoms with Crippen LogP contribution in [-0.4, -0.2) is 196 Å². The zero-order valence-corrected chi connectivity index (χ0v) is 45.5. The van der Waals surface area contributed by atoms with Crippen molar-refractivity contribution in [1.82, 2.24) is 25.8 Å². The molecule has 7 N–H and O–H groups in total. The Morgan fingerprint density at radius 3 is 2.32 bits per heavy atom. The Labute approximate surface area is 431 Å². The molecule has 4 fully saturated rings. The lowest BCUT2D eigenvalue weighted by Gasteiger charge is -2.49. The van der Waals surface area contributed by atoms with Crippen LogP contribution in [0.4, 0.5) is 14.9 Å². The lowest BCUT2D eigenvalue weighted by Crippen LogP contribution is -2.61. The third kappa shape index (κ3) is 13.5. The normalized spacial score (nSPS) is 41.7. The Bertz CT molecular complexity index is 2060. The van der Waals surface area contributed by atoms with Crippen LogP contribution in [0.1, 0.15) is 107 Å². The zero-order valence-electron chi connectivity index (χ0n) is 45.5. The number of hydrogen-bond acceptors (Lipinski definition) is 19. The van der Waals surface area contributed by atoms with E-state index in [2.05, 4.69) is 11.0 Å². The number of hydrogen-bond donors (Lipinski definition) is 7. The minimum atomic E-state index is -1.85. The van der Waals surface area contributed by atoms with Crippen LogP contribution in [0.3, 0.4) is 0 Å². The molecule has 0 bridgehead atoms. The first-order valence-corrected chi connectivity index (χ1v) is 26.1. The maximum Gasteiger partial charge on any atom is 0.414 e. The highest BCUT2D eigenvalue weighted by atomic mass is 19.1. The number of ether oxygens (including phenoxy) is 7. The number of benzene rings is 1. The molecule has 1 aromatic carbocycles. The Morgan fingerprint density at radius 2 is 1.66 bits per heavy atom. The average molecular weight is 1040 g/mol. The number of aryl methyl sites for hydroxylation is 1. The second-order valence-corrected chi connectivity index (χ2v) is 22.5. The minimum Gasteiger partial charge on any atom is -0.459 e. The van der Waals surface area contributed by atoms with Crippen molar-refractivity contribution in [2.45, 2.75) is 205 Å². The van der Waals surface area contributed by atoms with Gasteiger partial charge in [0.25, 0.3) is 0 Å². The van der Waals surface area contributed by atoms with Crippen molar-refractivity contribution >= 4 is 17.7 Å². The fourth-order valence-corrected chi connectivity index (χ4v) is 11.5. The zero-order chi connectivity index (χ0) is 54.1. The predicted octanol–water partition coefficient (Wildman–Crippen LogP) is 3.30. The molecule has 19 atom stereocenters. The van der Waals surface area contributed by atoms with Crippen LogP contribution in [0.5, 0.6) is 0 Å². The molecule has 5 aliphatic rings. The van der Waals surface area contributed by atoms with Gasteiger partial charge in [-0.15, -0.1) is 5.53 Å². The number of rotatable bonds is 13. The summed E-state index contributed by atoms with van der Waals surface area (Å²) in [7, 11) is 5.24. The standard InChI is InChI=1S/C52H87FN6O14/c1-15-40-52(11,66)44(61)33(7)57(13)24-28(2)22-50(9,65)46(31(5)43(32(6)47(63)71-40)72-41-23-51(10,67-14)45(62)34(8)69-41)73-48-42(60)39(20-30(4)68-48)56(12)19-18-35-25-58(55-54-35)26-37-27-59(49(64)70-37)36-17-16-29(3)38(53)21-36/h16-17,21,25,28,30-34,37,39-46,48,54-55,60-62,65-66H,15,18-20,22-24,26-27H2,1-14H3/t28-,30-,31+,32-,33-,34+,37+,39+,40-,41+,42-,43+,44-,45+,46-,48+,50-,51-,52-/m1/s1. The van der Waals surface area contributed by atoms with Gasteiger partial charge in [-0.2, -0.15) is 0 Å². The van der Waals surface area contributed by atoms with Gasteiger partial charge in [0.05, 0.1) is 60.3 Å². The van der Waals surface area contributed by atoms with Gasteiger partial charge in [-0.3, -0.25) is 14.7 Å². The Kier molecular flexibility index (Phi) is 19.3. The number of halogens is 1. The molecule has 0 unspecified atom stereocenters. The van der Waals surface area contributed by atoms with E-state index in [4.69, 9.17) is 33.2 Å². The first-order valence-electron chi connectivity index (χ1n) is 26.1. The van der Waals surface area contributed by atoms with Gasteiger partial charge in [0, 0.05) is 62.9 Å². The summed E-state index contributed by atoms with van der Waals surface area (Å²) in [6.45, 7) is 20.6. The fraction of sp³-hybridized carbons (Fsp3) is 0.808. The lowest BCUT2D eigenvalue weighted by molar-refractivity contribution is -0.318. The summed E-state index contributed by atoms with van der Waals surface area (Å²) in [6.07, 6.45) is -7.90. The van der Waals surface area contributed by atoms with Crippen LogP contribution >= 0.6 is 0 Å². The average Bonchev–Trinajstić information content (AvgIpc) is 3.94. The fourth-order valence-electron chi connectivity index (χ4n) is 11.5. The molecular weight excluding hydrogens is 952 g/mol. The molecule has 0 saturated carbocycles. The molecule has 5 heterocycles. The van der Waals surface area contributed by atoms with Gasteiger partial charge in [-0.05, 0) is 112 Å². The minimum absolute atomic E-state index is 0.0879. The Hall–Kier alpha value is -3.29. The van der Waals surface area contributed by atoms with Crippen molar-refractivity contribution in [2.24, 2.45) is 17.8 Å². The number of nitrogens with one attached hydrogen (secondary N) is 2. The summed E-state index contributed by atoms with van der Waals surface area (Å²) in [4.78, 5) is 32.6. The second-order valence-electron chi connectivity index (χ2n) is 22.5. The molecule has 5 aliphatic heterocycles. The first-order chi connectivity index (χ1) is 34.1. The highest BCUT2D eigenvalue weighted by Gasteiger charge is 2.53. The second kappa shape index (κ2) is 23.9. The van der Waals surface area contributed by atoms with E-state index in [9.17, 15) is 39.5 Å². The van der Waals surface area contributed by atoms with E-state index in [1.807, 2.05) is 43.9 Å². The van der Waals surface area contributed by atoms with Gasteiger partial charge >= 0.3 is 12.1 Å². The number of nitrogens with zero attached hydrogens (tertiary/aromatic N) is 4. The quantitative estimate of drug-likeness (QED) is 0.140. The number of amides is 1. The van der Waals surface area contributed by atoms with Crippen LogP contribution in [0, 0.1) is 30.5 Å². The van der Waals surface area contributed by atoms with Crippen molar-refractivity contribution in [1.29, 1.82) is 0 Å². The van der Waals surface area contributed by atoms with E-state index in [1.54, 1.807) is 72.5 Å². The van der Waals surface area contributed by atoms with Gasteiger partial charge in [0.2, 0.25) is 0 Å². The van der Waals surface area contributed by atoms with Crippen LogP contribution in [-0.2, 0) is 38.0 Å². The third-order valence-electron chi connectivity index (χ3n) is 16.3. The summed E-state index contributed by atoms with van der Waals surface area (Å²) in [5.74, 6) is -3.25. The summed E-state index contributed by atoms with van der Waals surface area (Å²) >= 11 is 0. The molecule has 20 nitrogen and oxygen atoms in total. The van der Waals surface area contributed by atoms with E-state index in [1.165, 1.54) is 25.0 Å². The molecule has 0 aliphatic carbocycles. The number of carbonyl (C=O) groups excluding carboxylic acids is 2. The van der Waals surface area contributed by atoms with Crippen molar-refractivity contribution in [3.8, 4) is 0 Å². The van der Waals surface area contributed by atoms with Crippen LogP contribution < -0.4 is 15.9 Å². The van der Waals surface area contributed by atoms with Gasteiger partial charge in [-0.25, -0.2) is 9.18 Å². The number of hydrazine groups is 2. The summed E-state index contributed by atoms with van der Waals surface area (Å²) in [5.41, 5.74) is 3.48.